The van der Waals surface area contributed by atoms with Gasteiger partial charge in [0.05, 0.1) is 28.9 Å². The molecule has 6 nitrogen and oxygen atoms in total. The van der Waals surface area contributed by atoms with Crippen LogP contribution in [0, 0.1) is 5.92 Å². The predicted molar refractivity (Wildman–Crippen MR) is 105 cm³/mol. The minimum atomic E-state index is -0.190. The normalized spacial score (nSPS) is 22.2. The number of carbonyl (C=O) groups excluding carboxylic acids is 1. The van der Waals surface area contributed by atoms with Crippen molar-refractivity contribution in [1.82, 2.24) is 20.1 Å². The predicted octanol–water partition coefficient (Wildman–Crippen LogP) is 3.24. The molecule has 3 heterocycles. The Balaban J connectivity index is 1.32. The summed E-state index contributed by atoms with van der Waals surface area (Å²) < 4.78 is 7.77. The van der Waals surface area contributed by atoms with Crippen molar-refractivity contribution in [3.63, 3.8) is 0 Å². The van der Waals surface area contributed by atoms with Gasteiger partial charge in [0, 0.05) is 42.3 Å². The lowest BCUT2D eigenvalue weighted by Gasteiger charge is -2.17. The molecule has 0 radical (unpaired) electrons. The second kappa shape index (κ2) is 8.10. The molecule has 1 aliphatic carbocycles. The second-order valence-corrected chi connectivity index (χ2v) is 8.93. The first-order valence-electron chi connectivity index (χ1n) is 10.0. The molecule has 2 aromatic heterocycles. The smallest absolute Gasteiger partial charge is 0.226 e. The zero-order valence-electron chi connectivity index (χ0n) is 16.1. The van der Waals surface area contributed by atoms with Crippen LogP contribution in [0.3, 0.4) is 0 Å². The monoisotopic (exact) mass is 388 g/mol. The first-order chi connectivity index (χ1) is 13.1. The summed E-state index contributed by atoms with van der Waals surface area (Å²) in [6.07, 6.45) is 10.0. The summed E-state index contributed by atoms with van der Waals surface area (Å²) >= 11 is 1.82. The highest BCUT2D eigenvalue weighted by Gasteiger charge is 2.36. The van der Waals surface area contributed by atoms with Crippen molar-refractivity contribution in [2.24, 2.45) is 5.92 Å². The second-order valence-electron chi connectivity index (χ2n) is 7.76. The van der Waals surface area contributed by atoms with Crippen LogP contribution in [0.2, 0.25) is 0 Å². The molecule has 27 heavy (non-hydrogen) atoms. The summed E-state index contributed by atoms with van der Waals surface area (Å²) in [6.45, 7) is 5.44. The maximum atomic E-state index is 12.7. The lowest BCUT2D eigenvalue weighted by atomic mass is 9.96. The third-order valence-corrected chi connectivity index (χ3v) is 6.65. The topological polar surface area (TPSA) is 69.0 Å². The zero-order valence-corrected chi connectivity index (χ0v) is 16.9. The first kappa shape index (κ1) is 18.6. The number of fused-ring (bicyclic) bond motifs is 1. The van der Waals surface area contributed by atoms with Crippen LogP contribution in [0.1, 0.15) is 66.4 Å². The lowest BCUT2D eigenvalue weighted by Crippen LogP contribution is -2.33. The Bertz CT molecular complexity index is 774. The Kier molecular flexibility index (Phi) is 5.59. The van der Waals surface area contributed by atoms with Crippen molar-refractivity contribution in [1.29, 1.82) is 0 Å². The SMILES string of the molecule is CC(C)n1cc([C@H]2OCC[C@@H]2C(=O)NCCc2nc3c(s2)CCCC3)cn1. The maximum Gasteiger partial charge on any atom is 0.226 e. The minimum absolute atomic E-state index is 0.0797. The van der Waals surface area contributed by atoms with Crippen molar-refractivity contribution in [3.05, 3.63) is 33.5 Å². The van der Waals surface area contributed by atoms with Crippen LogP contribution in [-0.4, -0.2) is 33.8 Å². The zero-order chi connectivity index (χ0) is 18.8. The quantitative estimate of drug-likeness (QED) is 0.825. The molecule has 1 saturated heterocycles. The molecule has 4 rings (SSSR count). The van der Waals surface area contributed by atoms with E-state index in [4.69, 9.17) is 9.72 Å². The van der Waals surface area contributed by atoms with Crippen molar-refractivity contribution in [3.8, 4) is 0 Å². The number of thiazole rings is 1. The van der Waals surface area contributed by atoms with E-state index < -0.39 is 0 Å². The van der Waals surface area contributed by atoms with Crippen LogP contribution in [0.15, 0.2) is 12.4 Å². The standard InChI is InChI=1S/C20H28N4O2S/c1-13(2)24-12-14(11-22-24)19-15(8-10-26-19)20(25)21-9-7-18-23-16-5-3-4-6-17(16)27-18/h11-13,15,19H,3-10H2,1-2H3,(H,21,25)/t15-,19+/m0/s1. The third-order valence-electron chi connectivity index (χ3n) is 5.44. The van der Waals surface area contributed by atoms with Crippen LogP contribution in [0.5, 0.6) is 0 Å². The first-order valence-corrected chi connectivity index (χ1v) is 10.8. The molecule has 0 bridgehead atoms. The molecule has 0 unspecified atom stereocenters. The van der Waals surface area contributed by atoms with Crippen LogP contribution < -0.4 is 5.32 Å². The van der Waals surface area contributed by atoms with Crippen LogP contribution >= 0.6 is 11.3 Å². The highest BCUT2D eigenvalue weighted by Crippen LogP contribution is 2.34. The number of rotatable bonds is 6. The highest BCUT2D eigenvalue weighted by atomic mass is 32.1. The van der Waals surface area contributed by atoms with E-state index in [9.17, 15) is 4.79 Å². The number of nitrogens with one attached hydrogen (secondary N) is 1. The van der Waals surface area contributed by atoms with E-state index in [1.807, 2.05) is 28.4 Å². The van der Waals surface area contributed by atoms with Gasteiger partial charge in [0.25, 0.3) is 0 Å². The fourth-order valence-electron chi connectivity index (χ4n) is 3.90. The van der Waals surface area contributed by atoms with Crippen LogP contribution in [0.4, 0.5) is 0 Å². The molecule has 0 saturated carbocycles. The molecule has 1 amide bonds. The number of carbonyl (C=O) groups is 1. The van der Waals surface area contributed by atoms with Crippen LogP contribution in [-0.2, 0) is 28.8 Å². The Hall–Kier alpha value is -1.73. The number of hydrogen-bond donors (Lipinski definition) is 1. The van der Waals surface area contributed by atoms with E-state index in [1.54, 1.807) is 0 Å². The Morgan fingerprint density at radius 1 is 1.41 bits per heavy atom. The van der Waals surface area contributed by atoms with E-state index in [2.05, 4.69) is 24.3 Å². The summed E-state index contributed by atoms with van der Waals surface area (Å²) in [5.41, 5.74) is 2.29. The Morgan fingerprint density at radius 3 is 3.04 bits per heavy atom. The summed E-state index contributed by atoms with van der Waals surface area (Å²) in [7, 11) is 0. The van der Waals surface area contributed by atoms with E-state index in [0.29, 0.717) is 19.2 Å². The van der Waals surface area contributed by atoms with Gasteiger partial charge < -0.3 is 10.1 Å². The van der Waals surface area contributed by atoms with Gasteiger partial charge in [-0.25, -0.2) is 4.98 Å². The van der Waals surface area contributed by atoms with Crippen molar-refractivity contribution in [2.45, 2.75) is 64.5 Å². The summed E-state index contributed by atoms with van der Waals surface area (Å²) in [5.74, 6) is -0.0598. The van der Waals surface area contributed by atoms with Gasteiger partial charge in [-0.2, -0.15) is 5.10 Å². The summed E-state index contributed by atoms with van der Waals surface area (Å²) in [4.78, 5) is 18.9. The molecule has 2 aromatic rings. The van der Waals surface area contributed by atoms with Gasteiger partial charge in [0.1, 0.15) is 0 Å². The number of amides is 1. The largest absolute Gasteiger partial charge is 0.373 e. The van der Waals surface area contributed by atoms with E-state index in [-0.39, 0.29) is 17.9 Å². The molecular weight excluding hydrogens is 360 g/mol. The third kappa shape index (κ3) is 4.09. The average molecular weight is 389 g/mol. The van der Waals surface area contributed by atoms with Gasteiger partial charge in [-0.05, 0) is 46.0 Å². The number of nitrogens with zero attached hydrogens (tertiary/aromatic N) is 3. The summed E-state index contributed by atoms with van der Waals surface area (Å²) in [6, 6.07) is 0.302. The molecule has 1 aliphatic heterocycles. The molecule has 1 fully saturated rings. The summed E-state index contributed by atoms with van der Waals surface area (Å²) in [5, 5.41) is 8.64. The molecule has 1 N–H and O–H groups in total. The molecular formula is C20H28N4O2S. The Morgan fingerprint density at radius 2 is 2.26 bits per heavy atom. The van der Waals surface area contributed by atoms with E-state index in [1.165, 1.54) is 29.8 Å². The van der Waals surface area contributed by atoms with Gasteiger partial charge >= 0.3 is 0 Å². The van der Waals surface area contributed by atoms with Gasteiger partial charge in [0.2, 0.25) is 5.91 Å². The molecule has 146 valence electrons. The fraction of sp³-hybridized carbons (Fsp3) is 0.650. The van der Waals surface area contributed by atoms with E-state index in [0.717, 1.165) is 29.8 Å². The molecule has 2 aliphatic rings. The number of aryl methyl sites for hydroxylation is 2. The van der Waals surface area contributed by atoms with E-state index >= 15 is 0 Å². The van der Waals surface area contributed by atoms with Gasteiger partial charge in [-0.15, -0.1) is 11.3 Å². The highest BCUT2D eigenvalue weighted by molar-refractivity contribution is 7.11. The number of ether oxygens (including phenoxy) is 1. The lowest BCUT2D eigenvalue weighted by molar-refractivity contribution is -0.126. The Labute approximate surface area is 164 Å². The number of hydrogen-bond acceptors (Lipinski definition) is 5. The van der Waals surface area contributed by atoms with Crippen molar-refractivity contribution < 1.29 is 9.53 Å². The molecule has 0 spiro atoms. The van der Waals surface area contributed by atoms with Crippen molar-refractivity contribution in [2.75, 3.05) is 13.2 Å². The fourth-order valence-corrected chi connectivity index (χ4v) is 5.06. The molecule has 0 aromatic carbocycles. The van der Waals surface area contributed by atoms with Crippen molar-refractivity contribution >= 4 is 17.2 Å². The van der Waals surface area contributed by atoms with Gasteiger partial charge in [-0.1, -0.05) is 0 Å². The molecule has 7 heteroatoms. The van der Waals surface area contributed by atoms with Gasteiger partial charge in [0.15, 0.2) is 0 Å². The molecule has 2 atom stereocenters. The van der Waals surface area contributed by atoms with Crippen LogP contribution in [0.25, 0.3) is 0 Å². The average Bonchev–Trinajstić information content (AvgIpc) is 3.38. The minimum Gasteiger partial charge on any atom is -0.373 e. The van der Waals surface area contributed by atoms with Gasteiger partial charge in [-0.3, -0.25) is 9.48 Å². The number of aromatic nitrogens is 3. The maximum absolute atomic E-state index is 12.7.